The highest BCUT2D eigenvalue weighted by Gasteiger charge is 2.13. The molecule has 27 heavy (non-hydrogen) atoms. The fourth-order valence-electron chi connectivity index (χ4n) is 3.15. The Morgan fingerprint density at radius 1 is 1.04 bits per heavy atom. The van der Waals surface area contributed by atoms with E-state index in [4.69, 9.17) is 4.74 Å². The number of piperazine rings is 1. The molecule has 1 saturated heterocycles. The number of amides is 1. The summed E-state index contributed by atoms with van der Waals surface area (Å²) in [7, 11) is 2.16. The molecule has 2 aromatic carbocycles. The standard InChI is InChI=1S/C22H29N3O2/c1-24-13-15-25(16-14-24)12-6-11-23-22(26)20-9-5-10-21(17-20)27-18-19-7-3-2-4-8-19/h2-5,7-10,17H,6,11-16,18H2,1H3,(H,23,26). The maximum Gasteiger partial charge on any atom is 0.251 e. The molecule has 1 aliphatic rings. The average molecular weight is 367 g/mol. The lowest BCUT2D eigenvalue weighted by molar-refractivity contribution is 0.0949. The second kappa shape index (κ2) is 10.1. The zero-order valence-electron chi connectivity index (χ0n) is 16.1. The highest BCUT2D eigenvalue weighted by molar-refractivity contribution is 5.94. The number of likely N-dealkylation sites (N-methyl/N-ethyl adjacent to an activating group) is 1. The van der Waals surface area contributed by atoms with Crippen LogP contribution in [0.15, 0.2) is 54.6 Å². The second-order valence-corrected chi connectivity index (χ2v) is 7.06. The van der Waals surface area contributed by atoms with Crippen LogP contribution >= 0.6 is 0 Å². The molecule has 5 nitrogen and oxygen atoms in total. The Labute approximate surface area is 161 Å². The summed E-state index contributed by atoms with van der Waals surface area (Å²) >= 11 is 0. The number of benzene rings is 2. The van der Waals surface area contributed by atoms with E-state index in [9.17, 15) is 4.79 Å². The highest BCUT2D eigenvalue weighted by Crippen LogP contribution is 2.15. The smallest absolute Gasteiger partial charge is 0.251 e. The van der Waals surface area contributed by atoms with Crippen molar-refractivity contribution < 1.29 is 9.53 Å². The molecule has 0 radical (unpaired) electrons. The van der Waals surface area contributed by atoms with Gasteiger partial charge in [-0.2, -0.15) is 0 Å². The van der Waals surface area contributed by atoms with Gasteiger partial charge in [0.15, 0.2) is 0 Å². The number of nitrogens with one attached hydrogen (secondary N) is 1. The van der Waals surface area contributed by atoms with Gasteiger partial charge in [0.2, 0.25) is 0 Å². The van der Waals surface area contributed by atoms with E-state index in [1.165, 1.54) is 0 Å². The van der Waals surface area contributed by atoms with Crippen LogP contribution < -0.4 is 10.1 Å². The van der Waals surface area contributed by atoms with Gasteiger partial charge in [-0.3, -0.25) is 4.79 Å². The van der Waals surface area contributed by atoms with E-state index < -0.39 is 0 Å². The van der Waals surface area contributed by atoms with Crippen molar-refractivity contribution in [3.63, 3.8) is 0 Å². The molecule has 0 spiro atoms. The molecule has 144 valence electrons. The SMILES string of the molecule is CN1CCN(CCCNC(=O)c2cccc(OCc3ccccc3)c2)CC1. The summed E-state index contributed by atoms with van der Waals surface area (Å²) in [5.74, 6) is 0.669. The number of hydrogen-bond donors (Lipinski definition) is 1. The van der Waals surface area contributed by atoms with Gasteiger partial charge in [-0.1, -0.05) is 36.4 Å². The van der Waals surface area contributed by atoms with Gasteiger partial charge in [0.1, 0.15) is 12.4 Å². The van der Waals surface area contributed by atoms with Gasteiger partial charge in [0.25, 0.3) is 5.91 Å². The molecule has 0 atom stereocenters. The van der Waals surface area contributed by atoms with Gasteiger partial charge in [0.05, 0.1) is 0 Å². The van der Waals surface area contributed by atoms with Crippen LogP contribution in [0.25, 0.3) is 0 Å². The molecule has 3 rings (SSSR count). The molecule has 5 heteroatoms. The molecule has 0 aliphatic carbocycles. The fourth-order valence-corrected chi connectivity index (χ4v) is 3.15. The molecule has 0 aromatic heterocycles. The number of rotatable bonds is 8. The average Bonchev–Trinajstić information content (AvgIpc) is 2.72. The van der Waals surface area contributed by atoms with Crippen LogP contribution in [-0.4, -0.2) is 62.0 Å². The van der Waals surface area contributed by atoms with Gasteiger partial charge in [-0.15, -0.1) is 0 Å². The van der Waals surface area contributed by atoms with E-state index in [0.29, 0.717) is 24.5 Å². The van der Waals surface area contributed by atoms with Gasteiger partial charge in [-0.05, 0) is 43.8 Å². The quantitative estimate of drug-likeness (QED) is 0.729. The van der Waals surface area contributed by atoms with E-state index >= 15 is 0 Å². The molecule has 2 aromatic rings. The Morgan fingerprint density at radius 2 is 1.81 bits per heavy atom. The summed E-state index contributed by atoms with van der Waals surface area (Å²) in [6.45, 7) is 6.71. The van der Waals surface area contributed by atoms with Crippen molar-refractivity contribution in [2.75, 3.05) is 46.3 Å². The Morgan fingerprint density at radius 3 is 2.59 bits per heavy atom. The molecule has 0 saturated carbocycles. The molecule has 1 fully saturated rings. The van der Waals surface area contributed by atoms with Gasteiger partial charge < -0.3 is 19.9 Å². The number of carbonyl (C=O) groups excluding carboxylic acids is 1. The van der Waals surface area contributed by atoms with Crippen LogP contribution in [-0.2, 0) is 6.61 Å². The predicted molar refractivity (Wildman–Crippen MR) is 108 cm³/mol. The van der Waals surface area contributed by atoms with Gasteiger partial charge in [0, 0.05) is 38.3 Å². The first-order valence-corrected chi connectivity index (χ1v) is 9.66. The monoisotopic (exact) mass is 367 g/mol. The molecular weight excluding hydrogens is 338 g/mol. The summed E-state index contributed by atoms with van der Waals surface area (Å²) in [5.41, 5.74) is 1.75. The maximum absolute atomic E-state index is 12.4. The molecule has 1 heterocycles. The van der Waals surface area contributed by atoms with Crippen molar-refractivity contribution in [2.24, 2.45) is 0 Å². The summed E-state index contributed by atoms with van der Waals surface area (Å²) in [6.07, 6.45) is 0.972. The lowest BCUT2D eigenvalue weighted by Crippen LogP contribution is -2.45. The van der Waals surface area contributed by atoms with Crippen molar-refractivity contribution in [1.82, 2.24) is 15.1 Å². The van der Waals surface area contributed by atoms with Crippen molar-refractivity contribution in [2.45, 2.75) is 13.0 Å². The van der Waals surface area contributed by atoms with Crippen molar-refractivity contribution in [3.05, 3.63) is 65.7 Å². The molecule has 0 bridgehead atoms. The predicted octanol–water partition coefficient (Wildman–Crippen LogP) is 2.63. The number of carbonyl (C=O) groups is 1. The third kappa shape index (κ3) is 6.38. The normalized spacial score (nSPS) is 15.4. The van der Waals surface area contributed by atoms with Gasteiger partial charge in [-0.25, -0.2) is 0 Å². The zero-order valence-corrected chi connectivity index (χ0v) is 16.1. The molecule has 1 N–H and O–H groups in total. The Hall–Kier alpha value is -2.37. The Kier molecular flexibility index (Phi) is 7.25. The van der Waals surface area contributed by atoms with E-state index in [-0.39, 0.29) is 5.91 Å². The van der Waals surface area contributed by atoms with Crippen LogP contribution in [0.4, 0.5) is 0 Å². The van der Waals surface area contributed by atoms with Crippen molar-refractivity contribution >= 4 is 5.91 Å². The minimum Gasteiger partial charge on any atom is -0.489 e. The fraction of sp³-hybridized carbons (Fsp3) is 0.409. The Balaban J connectivity index is 1.40. The summed E-state index contributed by atoms with van der Waals surface area (Å²) in [6, 6.07) is 17.4. The maximum atomic E-state index is 12.4. The minimum absolute atomic E-state index is 0.0430. The van der Waals surface area contributed by atoms with Crippen LogP contribution in [0.5, 0.6) is 5.75 Å². The first-order chi connectivity index (χ1) is 13.2. The first kappa shape index (κ1) is 19.4. The third-order valence-corrected chi connectivity index (χ3v) is 4.88. The zero-order chi connectivity index (χ0) is 18.9. The molecular formula is C22H29N3O2. The number of hydrogen-bond acceptors (Lipinski definition) is 4. The van der Waals surface area contributed by atoms with E-state index in [2.05, 4.69) is 22.2 Å². The van der Waals surface area contributed by atoms with Crippen molar-refractivity contribution in [1.29, 1.82) is 0 Å². The number of nitrogens with zero attached hydrogens (tertiary/aromatic N) is 2. The van der Waals surface area contributed by atoms with Crippen LogP contribution in [0.3, 0.4) is 0 Å². The highest BCUT2D eigenvalue weighted by atomic mass is 16.5. The minimum atomic E-state index is -0.0430. The third-order valence-electron chi connectivity index (χ3n) is 4.88. The lowest BCUT2D eigenvalue weighted by atomic mass is 10.2. The first-order valence-electron chi connectivity index (χ1n) is 9.66. The van der Waals surface area contributed by atoms with E-state index in [0.717, 1.165) is 44.7 Å². The Bertz CT molecular complexity index is 713. The molecule has 1 amide bonds. The lowest BCUT2D eigenvalue weighted by Gasteiger charge is -2.32. The molecule has 1 aliphatic heterocycles. The van der Waals surface area contributed by atoms with E-state index in [1.54, 1.807) is 6.07 Å². The summed E-state index contributed by atoms with van der Waals surface area (Å²) in [4.78, 5) is 17.2. The topological polar surface area (TPSA) is 44.8 Å². The summed E-state index contributed by atoms with van der Waals surface area (Å²) in [5, 5.41) is 3.02. The van der Waals surface area contributed by atoms with Crippen LogP contribution in [0.1, 0.15) is 22.3 Å². The van der Waals surface area contributed by atoms with E-state index in [1.807, 2.05) is 48.5 Å². The largest absolute Gasteiger partial charge is 0.489 e. The second-order valence-electron chi connectivity index (χ2n) is 7.06. The molecule has 0 unspecified atom stereocenters. The van der Waals surface area contributed by atoms with Crippen LogP contribution in [0.2, 0.25) is 0 Å². The summed E-state index contributed by atoms with van der Waals surface area (Å²) < 4.78 is 5.81. The van der Waals surface area contributed by atoms with Crippen molar-refractivity contribution in [3.8, 4) is 5.75 Å². The van der Waals surface area contributed by atoms with Gasteiger partial charge >= 0.3 is 0 Å². The number of ether oxygens (including phenoxy) is 1. The van der Waals surface area contributed by atoms with Crippen LogP contribution in [0, 0.1) is 0 Å².